The molecule has 0 aromatic carbocycles. The van der Waals surface area contributed by atoms with Gasteiger partial charge in [-0.15, -0.1) is 0 Å². The minimum Gasteiger partial charge on any atom is -0.790 e. The van der Waals surface area contributed by atoms with Crippen LogP contribution in [-0.2, 0) is 118 Å². The molecule has 62 heteroatoms. The first kappa shape index (κ1) is 129. The van der Waals surface area contributed by atoms with Gasteiger partial charge in [0.15, 0.2) is 39.5 Å². The number of nitrogens with one attached hydrogen (secondary N) is 4. The highest BCUT2D eigenvalue weighted by Crippen LogP contribution is 2.68. The van der Waals surface area contributed by atoms with Crippen LogP contribution in [0.15, 0.2) is 37.0 Å². The molecule has 17 N–H and O–H groups in total. The molecule has 2 aliphatic heterocycles. The van der Waals surface area contributed by atoms with Crippen molar-refractivity contribution in [2.45, 2.75) is 297 Å². The first-order chi connectivity index (χ1) is 68.2. The van der Waals surface area contributed by atoms with Gasteiger partial charge in [-0.05, 0) is 144 Å². The average Bonchev–Trinajstić information content (AvgIpc) is 1.47. The number of nitrogens with zero attached hydrogens (tertiary/aromatic N) is 8. The van der Waals surface area contributed by atoms with Gasteiger partial charge in [0, 0.05) is 68.3 Å². The number of aliphatic hydroxyl groups excluding tert-OH is 5. The molecule has 54 nitrogen and oxygen atoms in total. The van der Waals surface area contributed by atoms with E-state index < -0.39 is 198 Å². The maximum absolute atomic E-state index is 12.6. The van der Waals surface area contributed by atoms with E-state index in [0.29, 0.717) is 34.5 Å². The van der Waals surface area contributed by atoms with E-state index in [1.54, 1.807) is 12.5 Å². The number of aliphatic carboxylic acids is 2. The number of phosphoric acid groups is 6. The summed E-state index contributed by atoms with van der Waals surface area (Å²) < 4.78 is 122. The van der Waals surface area contributed by atoms with E-state index in [0.717, 1.165) is 101 Å². The third-order valence-electron chi connectivity index (χ3n) is 27.3. The third kappa shape index (κ3) is 37.4. The van der Waals surface area contributed by atoms with Crippen LogP contribution < -0.4 is 71.9 Å². The van der Waals surface area contributed by atoms with E-state index in [-0.39, 0.29) is 97.0 Å². The monoisotopic (exact) mass is 2260 g/mol. The number of carboxylic acid groups (broad SMARTS) is 2. The number of carbonyl (C=O) groups is 7. The van der Waals surface area contributed by atoms with Crippen molar-refractivity contribution in [1.82, 2.24) is 60.3 Å². The number of thioether (sulfide) groups is 2. The van der Waals surface area contributed by atoms with E-state index in [9.17, 15) is 136 Å². The van der Waals surface area contributed by atoms with Gasteiger partial charge >= 0.3 is 11.9 Å². The number of imidazole rings is 2. The Morgan fingerprint density at radius 3 is 1.44 bits per heavy atom. The number of rotatable bonds is 52. The fraction of sp³-hybridized carbons (Fsp3) is 0.779. The molecular weight excluding hydrogens is 2120 g/mol. The summed E-state index contributed by atoms with van der Waals surface area (Å²) in [5.41, 5.74) is 4.22. The molecule has 148 heavy (non-hydrogen) atoms. The van der Waals surface area contributed by atoms with E-state index >= 15 is 0 Å². The Labute approximate surface area is 864 Å². The number of fused-ring (bicyclic) bond motifs is 7. The Bertz CT molecular complexity index is 5510. The van der Waals surface area contributed by atoms with Crippen LogP contribution in [-0.4, -0.2) is 262 Å². The number of hydrogen-bond donors (Lipinski definition) is 15. The SMILES string of the molecule is CC(=O)SCCNC(=O)CCNC(=O)C(O)C(C)(C)COP(=O)([O-])OP(=O)([O-])OCC1OC(C)(n2cnc3c(N)ncnc32)C(O)C1OP(=O)([O-])[O-].CC(C)(COP(=O)([O-])OP(=O)([O-])OCC1OC(C)(n2cnc3c(N)ncnc32)C(O)C1OP(=O)([O-])[O-])C(O)C(=O)NCCC(=O)NCCSCC[C@](C)(O)CC(=O)O.CC(C)CCCC(C)C1CCC2C3CC=C4CC(O)CCC4(C)C3CCC12C.CCC[C@](C)(O)CC(=O)O. The highest BCUT2D eigenvalue weighted by Gasteiger charge is 2.61. The molecule has 0 spiro atoms. The van der Waals surface area contributed by atoms with Crippen LogP contribution in [0.1, 0.15) is 219 Å². The number of carbonyl (C=O) groups excluding carboxylic acids is 5. The lowest BCUT2D eigenvalue weighted by atomic mass is 9.47. The highest BCUT2D eigenvalue weighted by atomic mass is 32.2. The fourth-order valence-corrected chi connectivity index (χ4v) is 26.5. The standard InChI is InChI=1S/C28H48N7O19P3S.C27H46O.C24H40N7O17P3S.C7H14O3/c1-26(2,22(40)25(41)31-7-5-17(36)30-8-10-58-9-6-27(3,42)11-18(37)38)13-51-57(48,49)54-56(46,47)50-12-16-20(53-55(43,44)45)21(39)28(4,52-16)35-15-34-19-23(29)32-14-33-24(19)35;1-18(2)7-6-8-19(3)23-11-12-24-22-10-9-20-17-21(28)13-15-26(20,4)25(22)14-16-27(23,24)5;1-13(32)52-8-7-26-15(33)5-6-27-22(36)19(35)23(2,3)10-45-51(42,43)48-50(40,41)44-9-14-17(47-49(37,38)39)18(34)24(4,46-14)31-12-30-16-20(25)28-11-29-21(16)31;1-3-4-7(2,10)5-6(8)9/h14-16,20-22,39-40,42H,5-13H2,1-4H3,(H,30,36)(H,31,41)(H,37,38)(H,46,47)(H,48,49)(H2,29,32,33)(H2,43,44,45);9,18-19,21-25,28H,6-8,10-17H2,1-5H3;11-12,14,17-19,34-35H,5-10H2,1-4H3,(H,26,33)(H,27,36)(H,40,41)(H,42,43)(H2,25,28,29)(H2,37,38,39);10H,3-5H2,1-2H3,(H,8,9)/p-8/t16?,20?,21?,22?,27-,28?;;;7-/m0..0/s1. The van der Waals surface area contributed by atoms with Crippen LogP contribution in [0.5, 0.6) is 0 Å². The number of hydrogen-bond acceptors (Lipinski definition) is 48. The van der Waals surface area contributed by atoms with Crippen LogP contribution in [0.2, 0.25) is 0 Å². The Balaban J connectivity index is 0.000000299. The van der Waals surface area contributed by atoms with Crippen LogP contribution in [0, 0.1) is 57.2 Å². The van der Waals surface area contributed by atoms with E-state index in [2.05, 4.69) is 128 Å². The molecule has 3 saturated carbocycles. The molecular formula is C86H140N14O40P6S2-8. The second kappa shape index (κ2) is 53.6. The summed E-state index contributed by atoms with van der Waals surface area (Å²) in [6.45, 7) is 21.3. The first-order valence-corrected chi connectivity index (χ1v) is 58.8. The van der Waals surface area contributed by atoms with Gasteiger partial charge in [0.05, 0.1) is 84.9 Å². The number of carboxylic acids is 2. The summed E-state index contributed by atoms with van der Waals surface area (Å²) in [7, 11) is -35.3. The summed E-state index contributed by atoms with van der Waals surface area (Å²) in [4.78, 5) is 200. The molecule has 4 aliphatic carbocycles. The number of aromatic nitrogens is 8. The molecule has 24 atom stereocenters. The van der Waals surface area contributed by atoms with Gasteiger partial charge in [-0.1, -0.05) is 118 Å². The van der Waals surface area contributed by atoms with Crippen molar-refractivity contribution in [1.29, 1.82) is 0 Å². The van der Waals surface area contributed by atoms with Crippen LogP contribution in [0.3, 0.4) is 0 Å². The molecule has 22 unspecified atom stereocenters. The van der Waals surface area contributed by atoms with Gasteiger partial charge in [-0.25, -0.2) is 38.5 Å². The van der Waals surface area contributed by atoms with Crippen molar-refractivity contribution in [3.8, 4) is 0 Å². The molecule has 6 heterocycles. The summed E-state index contributed by atoms with van der Waals surface area (Å²) in [6.07, 6.45) is 5.97. The molecule has 844 valence electrons. The van der Waals surface area contributed by atoms with Gasteiger partial charge < -0.3 is 164 Å². The number of aliphatic hydroxyl groups is 7. The van der Waals surface area contributed by atoms with Crippen molar-refractivity contribution in [2.75, 3.05) is 81.3 Å². The largest absolute Gasteiger partial charge is 0.790 e. The Kier molecular flexibility index (Phi) is 46.7. The van der Waals surface area contributed by atoms with Crippen molar-refractivity contribution in [2.24, 2.45) is 57.2 Å². The smallest absolute Gasteiger partial charge is 0.306 e. The zero-order chi connectivity index (χ0) is 111. The van der Waals surface area contributed by atoms with Crippen LogP contribution in [0.25, 0.3) is 22.3 Å². The molecule has 0 radical (unpaired) electrons. The van der Waals surface area contributed by atoms with Gasteiger partial charge in [0.25, 0.3) is 31.3 Å². The Morgan fingerprint density at radius 2 is 1.01 bits per heavy atom. The number of ether oxygens (including phenoxy) is 2. The molecule has 2 saturated heterocycles. The van der Waals surface area contributed by atoms with E-state index in [4.69, 9.17) is 31.2 Å². The molecule has 4 aromatic rings. The second-order valence-corrected chi connectivity index (χ2v) is 51.5. The number of nitrogens with two attached hydrogens (primary N) is 2. The molecule has 10 rings (SSSR count). The first-order valence-electron chi connectivity index (χ1n) is 47.9. The van der Waals surface area contributed by atoms with Crippen LogP contribution >= 0.6 is 70.5 Å². The summed E-state index contributed by atoms with van der Waals surface area (Å²) in [6, 6.07) is 0. The summed E-state index contributed by atoms with van der Waals surface area (Å²) in [5.74, 6) is 1.50. The number of allylic oxidation sites excluding steroid dienone is 1. The summed E-state index contributed by atoms with van der Waals surface area (Å²) in [5, 5.41) is 99.2. The molecule has 6 aliphatic rings. The normalized spacial score (nSPS) is 27.6. The maximum Gasteiger partial charge on any atom is 0.306 e. The number of amides is 4. The second-order valence-electron chi connectivity index (χ2n) is 40.9. The predicted octanol–water partition coefficient (Wildman–Crippen LogP) is 1.13. The predicted molar refractivity (Wildman–Crippen MR) is 516 cm³/mol. The zero-order valence-electron chi connectivity index (χ0n) is 85.0. The van der Waals surface area contributed by atoms with Gasteiger partial charge in [-0.3, -0.25) is 61.0 Å². The highest BCUT2D eigenvalue weighted by molar-refractivity contribution is 8.13. The lowest BCUT2D eigenvalue weighted by Gasteiger charge is -2.58. The third-order valence-corrected chi connectivity index (χ3v) is 35.1. The lowest BCUT2D eigenvalue weighted by molar-refractivity contribution is -0.349. The molecule has 0 bridgehead atoms. The molecule has 5 fully saturated rings. The topological polar surface area (TPSA) is 868 Å². The van der Waals surface area contributed by atoms with Crippen LogP contribution in [0.4, 0.5) is 11.6 Å². The Hall–Kier alpha value is -5.99. The quantitative estimate of drug-likeness (QED) is 0.0167. The van der Waals surface area contributed by atoms with Crippen molar-refractivity contribution in [3.63, 3.8) is 0 Å². The number of phosphoric ester groups is 6. The summed E-state index contributed by atoms with van der Waals surface area (Å²) >= 11 is 2.39. The average molecular weight is 2260 g/mol. The number of nitrogen functional groups attached to an aromatic ring is 2. The fourth-order valence-electron chi connectivity index (χ4n) is 19.5. The maximum atomic E-state index is 12.6. The minimum absolute atomic E-state index is 0.0283. The molecule has 4 amide bonds. The lowest BCUT2D eigenvalue weighted by Crippen LogP contribution is -2.50. The number of anilines is 2. The molecule has 4 aromatic heterocycles. The van der Waals surface area contributed by atoms with E-state index in [1.165, 1.54) is 125 Å². The Morgan fingerprint density at radius 1 is 0.574 bits per heavy atom. The minimum atomic E-state index is -5.95. The van der Waals surface area contributed by atoms with Gasteiger partial charge in [0.1, 0.15) is 72.5 Å². The van der Waals surface area contributed by atoms with Crippen molar-refractivity contribution >= 4 is 145 Å². The van der Waals surface area contributed by atoms with Gasteiger partial charge in [0.2, 0.25) is 23.6 Å². The van der Waals surface area contributed by atoms with Crippen molar-refractivity contribution in [3.05, 3.63) is 37.0 Å². The van der Waals surface area contributed by atoms with Gasteiger partial charge in [-0.2, -0.15) is 11.8 Å². The van der Waals surface area contributed by atoms with E-state index in [1.807, 2.05) is 6.92 Å². The van der Waals surface area contributed by atoms with Crippen molar-refractivity contribution < 1.29 is 191 Å². The zero-order valence-corrected chi connectivity index (χ0v) is 92.0.